The number of halogens is 1. The van der Waals surface area contributed by atoms with E-state index in [0.717, 1.165) is 13.1 Å². The Labute approximate surface area is 172 Å². The molecule has 0 spiro atoms. The van der Waals surface area contributed by atoms with Crippen molar-refractivity contribution in [3.63, 3.8) is 0 Å². The minimum atomic E-state index is -0.106. The van der Waals surface area contributed by atoms with Gasteiger partial charge in [-0.05, 0) is 43.2 Å². The number of ether oxygens (including phenoxy) is 2. The van der Waals surface area contributed by atoms with Crippen LogP contribution in [0.5, 0.6) is 11.5 Å². The molecule has 0 aromatic heterocycles. The van der Waals surface area contributed by atoms with Gasteiger partial charge in [-0.15, -0.1) is 12.4 Å². The zero-order chi connectivity index (χ0) is 19.2. The monoisotopic (exact) mass is 405 g/mol. The van der Waals surface area contributed by atoms with Crippen molar-refractivity contribution in [1.29, 1.82) is 0 Å². The highest BCUT2D eigenvalue weighted by Crippen LogP contribution is 2.25. The molecule has 28 heavy (non-hydrogen) atoms. The van der Waals surface area contributed by atoms with Crippen LogP contribution in [0.1, 0.15) is 11.1 Å². The molecule has 1 aliphatic rings. The average molecular weight is 406 g/mol. The topological polar surface area (TPSA) is 54.0 Å². The number of carbonyl (C=O) groups is 1. The van der Waals surface area contributed by atoms with E-state index in [0.29, 0.717) is 24.6 Å². The first-order valence-corrected chi connectivity index (χ1v) is 9.20. The number of rotatable bonds is 5. The second kappa shape index (κ2) is 10.1. The molecule has 1 saturated heterocycles. The van der Waals surface area contributed by atoms with Gasteiger partial charge in [0.25, 0.3) is 0 Å². The molecule has 3 rings (SSSR count). The summed E-state index contributed by atoms with van der Waals surface area (Å²) in [7, 11) is 1.59. The summed E-state index contributed by atoms with van der Waals surface area (Å²) in [5.41, 5.74) is 3.86. The maximum absolute atomic E-state index is 12.4. The first-order chi connectivity index (χ1) is 13.1. The molecule has 1 N–H and O–H groups in total. The van der Waals surface area contributed by atoms with Crippen LogP contribution in [0.15, 0.2) is 42.5 Å². The van der Waals surface area contributed by atoms with Crippen molar-refractivity contribution in [3.05, 3.63) is 53.6 Å². The van der Waals surface area contributed by atoms with Gasteiger partial charge in [0.15, 0.2) is 18.2 Å². The fourth-order valence-corrected chi connectivity index (χ4v) is 3.25. The molecule has 0 radical (unpaired) electrons. The first-order valence-electron chi connectivity index (χ1n) is 9.20. The van der Waals surface area contributed by atoms with E-state index < -0.39 is 0 Å². The summed E-state index contributed by atoms with van der Waals surface area (Å²) in [6.45, 7) is 7.41. The normalized spacial score (nSPS) is 13.5. The third-order valence-electron chi connectivity index (χ3n) is 5.00. The highest BCUT2D eigenvalue weighted by atomic mass is 35.5. The summed E-state index contributed by atoms with van der Waals surface area (Å²) in [4.78, 5) is 16.6. The molecule has 2 aromatic rings. The van der Waals surface area contributed by atoms with Crippen molar-refractivity contribution in [2.75, 3.05) is 44.9 Å². The molecule has 0 unspecified atom stereocenters. The van der Waals surface area contributed by atoms with Crippen LogP contribution >= 0.6 is 12.4 Å². The van der Waals surface area contributed by atoms with Crippen molar-refractivity contribution in [1.82, 2.24) is 10.2 Å². The molecule has 2 aromatic carbocycles. The molecule has 6 nitrogen and oxygen atoms in total. The largest absolute Gasteiger partial charge is 0.493 e. The summed E-state index contributed by atoms with van der Waals surface area (Å²) in [6.07, 6.45) is 0. The molecule has 0 atom stereocenters. The van der Waals surface area contributed by atoms with Gasteiger partial charge in [-0.1, -0.05) is 24.3 Å². The van der Waals surface area contributed by atoms with Gasteiger partial charge >= 0.3 is 6.03 Å². The standard InChI is InChI=1S/C21H27N3O3.ClH/c1-16-7-6-8-18(17(16)2)23-11-13-24(14-12-23)21(25)22-15-27-20-10-5-4-9-19(20)26-3;/h4-10H,11-15H2,1-3H3,(H,22,25);1H. The Bertz CT molecular complexity index is 792. The third-order valence-corrected chi connectivity index (χ3v) is 5.00. The van der Waals surface area contributed by atoms with Gasteiger partial charge in [0.2, 0.25) is 0 Å². The summed E-state index contributed by atoms with van der Waals surface area (Å²) < 4.78 is 10.9. The van der Waals surface area contributed by atoms with Crippen LogP contribution < -0.4 is 19.7 Å². The van der Waals surface area contributed by atoms with Crippen molar-refractivity contribution < 1.29 is 14.3 Å². The van der Waals surface area contributed by atoms with E-state index in [1.165, 1.54) is 16.8 Å². The Balaban J connectivity index is 0.00000280. The first kappa shape index (κ1) is 21.7. The Morgan fingerprint density at radius 3 is 2.36 bits per heavy atom. The SMILES string of the molecule is COc1ccccc1OCNC(=O)N1CCN(c2cccc(C)c2C)CC1.Cl. The molecule has 1 heterocycles. The van der Waals surface area contributed by atoms with Gasteiger partial charge in [-0.25, -0.2) is 4.79 Å². The van der Waals surface area contributed by atoms with Crippen molar-refractivity contribution in [2.24, 2.45) is 0 Å². The fourth-order valence-electron chi connectivity index (χ4n) is 3.25. The maximum atomic E-state index is 12.4. The number of anilines is 1. The number of hydrogen-bond donors (Lipinski definition) is 1. The summed E-state index contributed by atoms with van der Waals surface area (Å²) in [5, 5.41) is 2.82. The quantitative estimate of drug-likeness (QED) is 0.772. The van der Waals surface area contributed by atoms with Crippen LogP contribution in [-0.4, -0.2) is 51.0 Å². The van der Waals surface area contributed by atoms with E-state index in [1.54, 1.807) is 7.11 Å². The number of aryl methyl sites for hydroxylation is 1. The Kier molecular flexibility index (Phi) is 7.81. The summed E-state index contributed by atoms with van der Waals surface area (Å²) in [6, 6.07) is 13.6. The van der Waals surface area contributed by atoms with Crippen LogP contribution in [-0.2, 0) is 0 Å². The number of nitrogens with zero attached hydrogens (tertiary/aromatic N) is 2. The number of piperazine rings is 1. The Hall–Kier alpha value is -2.60. The zero-order valence-corrected chi connectivity index (χ0v) is 17.4. The predicted octanol–water partition coefficient (Wildman–Crippen LogP) is 3.60. The van der Waals surface area contributed by atoms with Crippen LogP contribution in [0, 0.1) is 13.8 Å². The number of methoxy groups -OCH3 is 1. The lowest BCUT2D eigenvalue weighted by Gasteiger charge is -2.37. The molecule has 152 valence electrons. The lowest BCUT2D eigenvalue weighted by molar-refractivity contribution is 0.180. The lowest BCUT2D eigenvalue weighted by atomic mass is 10.1. The molecule has 1 aliphatic heterocycles. The Morgan fingerprint density at radius 2 is 1.68 bits per heavy atom. The van der Waals surface area contributed by atoms with Gasteiger partial charge in [0.1, 0.15) is 0 Å². The number of urea groups is 1. The van der Waals surface area contributed by atoms with Crippen LogP contribution in [0.25, 0.3) is 0 Å². The van der Waals surface area contributed by atoms with Gasteiger partial charge in [0.05, 0.1) is 7.11 Å². The van der Waals surface area contributed by atoms with Crippen LogP contribution in [0.2, 0.25) is 0 Å². The average Bonchev–Trinajstić information content (AvgIpc) is 2.70. The molecule has 0 aliphatic carbocycles. The Morgan fingerprint density at radius 1 is 1.00 bits per heavy atom. The number of nitrogens with one attached hydrogen (secondary N) is 1. The maximum Gasteiger partial charge on any atom is 0.320 e. The smallest absolute Gasteiger partial charge is 0.320 e. The van der Waals surface area contributed by atoms with E-state index in [2.05, 4.69) is 42.3 Å². The molecule has 7 heteroatoms. The van der Waals surface area contributed by atoms with Gasteiger partial charge < -0.3 is 24.6 Å². The molecule has 1 fully saturated rings. The van der Waals surface area contributed by atoms with Crippen molar-refractivity contribution in [2.45, 2.75) is 13.8 Å². The van der Waals surface area contributed by atoms with E-state index in [-0.39, 0.29) is 25.2 Å². The van der Waals surface area contributed by atoms with Crippen molar-refractivity contribution in [3.8, 4) is 11.5 Å². The number of carbonyl (C=O) groups excluding carboxylic acids is 1. The summed E-state index contributed by atoms with van der Waals surface area (Å²) >= 11 is 0. The number of para-hydroxylation sites is 2. The highest BCUT2D eigenvalue weighted by molar-refractivity contribution is 5.85. The van der Waals surface area contributed by atoms with E-state index >= 15 is 0 Å². The number of amides is 2. The molecule has 0 bridgehead atoms. The second-order valence-corrected chi connectivity index (χ2v) is 6.61. The van der Waals surface area contributed by atoms with E-state index in [9.17, 15) is 4.79 Å². The third kappa shape index (κ3) is 5.01. The molecular formula is C21H28ClN3O3. The minimum absolute atomic E-state index is 0. The zero-order valence-electron chi connectivity index (χ0n) is 16.6. The second-order valence-electron chi connectivity index (χ2n) is 6.61. The van der Waals surface area contributed by atoms with Crippen LogP contribution in [0.3, 0.4) is 0 Å². The number of hydrogen-bond acceptors (Lipinski definition) is 4. The van der Waals surface area contributed by atoms with Crippen molar-refractivity contribution >= 4 is 24.1 Å². The molecular weight excluding hydrogens is 378 g/mol. The molecule has 0 saturated carbocycles. The highest BCUT2D eigenvalue weighted by Gasteiger charge is 2.22. The van der Waals surface area contributed by atoms with E-state index in [4.69, 9.17) is 9.47 Å². The number of benzene rings is 2. The summed E-state index contributed by atoms with van der Waals surface area (Å²) in [5.74, 6) is 1.26. The molecule has 2 amide bonds. The lowest BCUT2D eigenvalue weighted by Crippen LogP contribution is -2.52. The van der Waals surface area contributed by atoms with Crippen LogP contribution in [0.4, 0.5) is 10.5 Å². The van der Waals surface area contributed by atoms with Gasteiger partial charge in [-0.2, -0.15) is 0 Å². The van der Waals surface area contributed by atoms with E-state index in [1.807, 2.05) is 29.2 Å². The predicted molar refractivity (Wildman–Crippen MR) is 114 cm³/mol. The van der Waals surface area contributed by atoms with Gasteiger partial charge in [0, 0.05) is 31.9 Å². The minimum Gasteiger partial charge on any atom is -0.493 e. The van der Waals surface area contributed by atoms with Gasteiger partial charge in [-0.3, -0.25) is 0 Å². The fraction of sp³-hybridized carbons (Fsp3) is 0.381.